The van der Waals surface area contributed by atoms with Gasteiger partial charge in [-0.15, -0.1) is 0 Å². The summed E-state index contributed by atoms with van der Waals surface area (Å²) in [5, 5.41) is 0. The molecule has 2 rings (SSSR count). The first-order valence-corrected chi connectivity index (χ1v) is 7.63. The fourth-order valence-electron chi connectivity index (χ4n) is 2.83. The molecule has 0 aromatic heterocycles. The zero-order chi connectivity index (χ0) is 14.5. The van der Waals surface area contributed by atoms with Crippen LogP contribution in [0, 0.1) is 5.92 Å². The predicted molar refractivity (Wildman–Crippen MR) is 80.6 cm³/mol. The topological polar surface area (TPSA) is 29.5 Å². The molecular formula is C17H25NO2. The lowest BCUT2D eigenvalue weighted by molar-refractivity contribution is -0.148. The molecule has 3 nitrogen and oxygen atoms in total. The summed E-state index contributed by atoms with van der Waals surface area (Å²) in [5.74, 6) is 1.24. The minimum atomic E-state index is -0.142. The van der Waals surface area contributed by atoms with Crippen LogP contribution < -0.4 is 0 Å². The van der Waals surface area contributed by atoms with Crippen LogP contribution in [0.1, 0.15) is 38.7 Å². The van der Waals surface area contributed by atoms with E-state index in [4.69, 9.17) is 4.74 Å². The van der Waals surface area contributed by atoms with Gasteiger partial charge in [-0.3, -0.25) is 9.69 Å². The predicted octanol–water partition coefficient (Wildman–Crippen LogP) is 3.06. The maximum Gasteiger partial charge on any atom is 0.323 e. The van der Waals surface area contributed by atoms with Gasteiger partial charge >= 0.3 is 5.97 Å². The van der Waals surface area contributed by atoms with Crippen molar-refractivity contribution in [3.63, 3.8) is 0 Å². The lowest BCUT2D eigenvalue weighted by atomic mass is 10.1. The molecule has 1 aromatic carbocycles. The quantitative estimate of drug-likeness (QED) is 0.716. The van der Waals surface area contributed by atoms with E-state index >= 15 is 0 Å². The van der Waals surface area contributed by atoms with Crippen LogP contribution in [0.3, 0.4) is 0 Å². The van der Waals surface area contributed by atoms with Crippen LogP contribution in [0.25, 0.3) is 0 Å². The van der Waals surface area contributed by atoms with Crippen molar-refractivity contribution in [2.75, 3.05) is 19.7 Å². The minimum absolute atomic E-state index is 0.105. The molecule has 3 unspecified atom stereocenters. The first-order valence-electron chi connectivity index (χ1n) is 7.63. The van der Waals surface area contributed by atoms with Crippen molar-refractivity contribution in [1.82, 2.24) is 4.90 Å². The Hall–Kier alpha value is -1.35. The van der Waals surface area contributed by atoms with E-state index in [1.807, 2.05) is 13.8 Å². The summed E-state index contributed by atoms with van der Waals surface area (Å²) < 4.78 is 5.12. The van der Waals surface area contributed by atoms with Crippen LogP contribution in [-0.4, -0.2) is 36.6 Å². The molecule has 0 radical (unpaired) electrons. The number of nitrogens with zero attached hydrogens (tertiary/aromatic N) is 1. The molecule has 1 aliphatic carbocycles. The SMILES string of the molecule is CCOC(=O)C(C)N(CC)CC1CC1c1ccccc1. The molecule has 1 fully saturated rings. The van der Waals surface area contributed by atoms with E-state index in [0.29, 0.717) is 18.4 Å². The molecule has 0 bridgehead atoms. The van der Waals surface area contributed by atoms with Crippen LogP contribution >= 0.6 is 0 Å². The maximum atomic E-state index is 11.8. The number of hydrogen-bond donors (Lipinski definition) is 0. The standard InChI is InChI=1S/C17H25NO2/c1-4-18(13(3)17(19)20-5-2)12-15-11-16(15)14-9-7-6-8-10-14/h6-10,13,15-16H,4-5,11-12H2,1-3H3. The van der Waals surface area contributed by atoms with Gasteiger partial charge in [0.15, 0.2) is 0 Å². The summed E-state index contributed by atoms with van der Waals surface area (Å²) in [4.78, 5) is 14.1. The van der Waals surface area contributed by atoms with Crippen LogP contribution in [0.4, 0.5) is 0 Å². The number of benzene rings is 1. The highest BCUT2D eigenvalue weighted by molar-refractivity contribution is 5.75. The van der Waals surface area contributed by atoms with Gasteiger partial charge in [0.05, 0.1) is 6.61 Å². The molecule has 0 saturated heterocycles. The van der Waals surface area contributed by atoms with Crippen molar-refractivity contribution >= 4 is 5.97 Å². The Balaban J connectivity index is 1.88. The van der Waals surface area contributed by atoms with E-state index in [0.717, 1.165) is 13.1 Å². The second-order valence-corrected chi connectivity index (χ2v) is 5.53. The fraction of sp³-hybridized carbons (Fsp3) is 0.588. The fourth-order valence-corrected chi connectivity index (χ4v) is 2.83. The third-order valence-electron chi connectivity index (χ3n) is 4.20. The zero-order valence-electron chi connectivity index (χ0n) is 12.7. The van der Waals surface area contributed by atoms with Gasteiger partial charge in [0, 0.05) is 6.54 Å². The third-order valence-corrected chi connectivity index (χ3v) is 4.20. The number of ether oxygens (including phenoxy) is 1. The van der Waals surface area contributed by atoms with Gasteiger partial charge in [-0.25, -0.2) is 0 Å². The Morgan fingerprint density at radius 1 is 1.35 bits per heavy atom. The Labute approximate surface area is 121 Å². The minimum Gasteiger partial charge on any atom is -0.465 e. The zero-order valence-corrected chi connectivity index (χ0v) is 12.7. The van der Waals surface area contributed by atoms with Gasteiger partial charge < -0.3 is 4.74 Å². The molecule has 0 heterocycles. The summed E-state index contributed by atoms with van der Waals surface area (Å²) in [7, 11) is 0. The summed E-state index contributed by atoms with van der Waals surface area (Å²) in [6.45, 7) is 8.23. The summed E-state index contributed by atoms with van der Waals surface area (Å²) >= 11 is 0. The molecule has 1 aromatic rings. The average Bonchev–Trinajstić information content (AvgIpc) is 3.24. The van der Waals surface area contributed by atoms with Crippen LogP contribution in [-0.2, 0) is 9.53 Å². The first-order chi connectivity index (χ1) is 9.67. The number of esters is 1. The second-order valence-electron chi connectivity index (χ2n) is 5.53. The molecule has 1 aliphatic rings. The van der Waals surface area contributed by atoms with E-state index in [1.165, 1.54) is 12.0 Å². The van der Waals surface area contributed by atoms with Crippen molar-refractivity contribution in [2.24, 2.45) is 5.92 Å². The molecule has 110 valence electrons. The molecule has 1 saturated carbocycles. The molecule has 0 spiro atoms. The van der Waals surface area contributed by atoms with E-state index in [2.05, 4.69) is 42.2 Å². The lowest BCUT2D eigenvalue weighted by Crippen LogP contribution is -2.41. The van der Waals surface area contributed by atoms with Crippen LogP contribution in [0.15, 0.2) is 30.3 Å². The molecule has 0 N–H and O–H groups in total. The van der Waals surface area contributed by atoms with E-state index in [9.17, 15) is 4.79 Å². The third kappa shape index (κ3) is 3.60. The van der Waals surface area contributed by atoms with Gasteiger partial charge in [0.1, 0.15) is 6.04 Å². The number of carbonyl (C=O) groups excluding carboxylic acids is 1. The number of hydrogen-bond acceptors (Lipinski definition) is 3. The van der Waals surface area contributed by atoms with Gasteiger partial charge in [-0.05, 0) is 44.2 Å². The molecular weight excluding hydrogens is 250 g/mol. The van der Waals surface area contributed by atoms with E-state index in [1.54, 1.807) is 0 Å². The second kappa shape index (κ2) is 6.89. The smallest absolute Gasteiger partial charge is 0.323 e. The maximum absolute atomic E-state index is 11.8. The van der Waals surface area contributed by atoms with Gasteiger partial charge in [-0.2, -0.15) is 0 Å². The molecule has 3 heteroatoms. The highest BCUT2D eigenvalue weighted by Crippen LogP contribution is 2.47. The van der Waals surface area contributed by atoms with Crippen molar-refractivity contribution in [1.29, 1.82) is 0 Å². The first kappa shape index (κ1) is 15.0. The van der Waals surface area contributed by atoms with Crippen molar-refractivity contribution in [2.45, 2.75) is 39.2 Å². The van der Waals surface area contributed by atoms with Crippen molar-refractivity contribution in [3.05, 3.63) is 35.9 Å². The van der Waals surface area contributed by atoms with Gasteiger partial charge in [0.2, 0.25) is 0 Å². The Kier molecular flexibility index (Phi) is 5.18. The monoisotopic (exact) mass is 275 g/mol. The molecule has 20 heavy (non-hydrogen) atoms. The highest BCUT2D eigenvalue weighted by Gasteiger charge is 2.40. The van der Waals surface area contributed by atoms with Crippen LogP contribution in [0.2, 0.25) is 0 Å². The normalized spacial score (nSPS) is 22.6. The number of carbonyl (C=O) groups is 1. The van der Waals surface area contributed by atoms with E-state index < -0.39 is 0 Å². The summed E-state index contributed by atoms with van der Waals surface area (Å²) in [6.07, 6.45) is 1.23. The summed E-state index contributed by atoms with van der Waals surface area (Å²) in [6, 6.07) is 10.5. The van der Waals surface area contributed by atoms with Gasteiger partial charge in [0.25, 0.3) is 0 Å². The average molecular weight is 275 g/mol. The largest absolute Gasteiger partial charge is 0.465 e. The van der Waals surface area contributed by atoms with Crippen molar-refractivity contribution < 1.29 is 9.53 Å². The Bertz CT molecular complexity index is 432. The Morgan fingerprint density at radius 3 is 2.65 bits per heavy atom. The van der Waals surface area contributed by atoms with Crippen molar-refractivity contribution in [3.8, 4) is 0 Å². The van der Waals surface area contributed by atoms with E-state index in [-0.39, 0.29) is 12.0 Å². The van der Waals surface area contributed by atoms with Gasteiger partial charge in [-0.1, -0.05) is 37.3 Å². The molecule has 3 atom stereocenters. The van der Waals surface area contributed by atoms with Crippen LogP contribution in [0.5, 0.6) is 0 Å². The highest BCUT2D eigenvalue weighted by atomic mass is 16.5. The number of rotatable bonds is 7. The summed E-state index contributed by atoms with van der Waals surface area (Å²) in [5.41, 5.74) is 1.43. The molecule has 0 aliphatic heterocycles. The lowest BCUT2D eigenvalue weighted by Gasteiger charge is -2.26. The molecule has 0 amide bonds. The number of likely N-dealkylation sites (N-methyl/N-ethyl adjacent to an activating group) is 1. The Morgan fingerprint density at radius 2 is 2.05 bits per heavy atom.